The van der Waals surface area contributed by atoms with Gasteiger partial charge in [-0.15, -0.1) is 35.9 Å². The van der Waals surface area contributed by atoms with Crippen LogP contribution < -0.4 is 0 Å². The van der Waals surface area contributed by atoms with Gasteiger partial charge in [-0.1, -0.05) is 36.4 Å². The van der Waals surface area contributed by atoms with Gasteiger partial charge in [0.1, 0.15) is 0 Å². The van der Waals surface area contributed by atoms with E-state index in [9.17, 15) is 0 Å². The van der Waals surface area contributed by atoms with Gasteiger partial charge >= 0.3 is 0 Å². The first-order valence-corrected chi connectivity index (χ1v) is 6.67. The molecule has 0 atom stereocenters. The summed E-state index contributed by atoms with van der Waals surface area (Å²) >= 11 is 0. The summed E-state index contributed by atoms with van der Waals surface area (Å²) in [5, 5.41) is 4.94. The van der Waals surface area contributed by atoms with Crippen LogP contribution in [0.2, 0.25) is 0 Å². The Labute approximate surface area is 137 Å². The van der Waals surface area contributed by atoms with Crippen LogP contribution in [0.4, 0.5) is 0 Å². The van der Waals surface area contributed by atoms with Crippen molar-refractivity contribution in [3.8, 4) is 11.3 Å². The van der Waals surface area contributed by atoms with E-state index in [0.717, 1.165) is 11.3 Å². The van der Waals surface area contributed by atoms with E-state index in [2.05, 4.69) is 59.6 Å². The Morgan fingerprint density at radius 3 is 2.43 bits per heavy atom. The second-order valence-electron chi connectivity index (χ2n) is 4.82. The number of hydrogen-bond donors (Lipinski definition) is 0. The molecule has 1 aromatic heterocycles. The zero-order valence-corrected chi connectivity index (χ0v) is 13.6. The normalized spacial score (nSPS) is 10.5. The molecular formula is C19H12IrN-. The van der Waals surface area contributed by atoms with Crippen molar-refractivity contribution in [2.75, 3.05) is 0 Å². The van der Waals surface area contributed by atoms with Gasteiger partial charge in [0.15, 0.2) is 0 Å². The van der Waals surface area contributed by atoms with Crippen molar-refractivity contribution in [2.45, 2.75) is 0 Å². The third kappa shape index (κ3) is 2.37. The SMILES string of the molecule is [Ir].[c-]1ccccc1-c1nccc2c1ccc1ccccc12. The average molecular weight is 447 g/mol. The molecule has 0 unspecified atom stereocenters. The molecule has 21 heavy (non-hydrogen) atoms. The maximum atomic E-state index is 4.55. The quantitative estimate of drug-likeness (QED) is 0.301. The molecule has 3 aromatic carbocycles. The zero-order chi connectivity index (χ0) is 13.4. The monoisotopic (exact) mass is 447 g/mol. The topological polar surface area (TPSA) is 12.9 Å². The molecule has 0 aliphatic rings. The number of rotatable bonds is 1. The van der Waals surface area contributed by atoms with E-state index in [0.29, 0.717) is 0 Å². The first-order valence-electron chi connectivity index (χ1n) is 6.67. The number of fused-ring (bicyclic) bond motifs is 3. The molecular weight excluding hydrogens is 434 g/mol. The Hall–Kier alpha value is -2.02. The Bertz CT molecular complexity index is 901. The smallest absolute Gasteiger partial charge is 0.0167 e. The molecule has 0 saturated heterocycles. The predicted octanol–water partition coefficient (Wildman–Crippen LogP) is 4.85. The Morgan fingerprint density at radius 1 is 0.714 bits per heavy atom. The summed E-state index contributed by atoms with van der Waals surface area (Å²) in [6.45, 7) is 0. The number of pyridine rings is 1. The molecule has 0 N–H and O–H groups in total. The van der Waals surface area contributed by atoms with Crippen LogP contribution >= 0.6 is 0 Å². The van der Waals surface area contributed by atoms with Crippen LogP contribution in [0, 0.1) is 6.07 Å². The molecule has 0 aliphatic carbocycles. The van der Waals surface area contributed by atoms with Gasteiger partial charge in [0.2, 0.25) is 0 Å². The van der Waals surface area contributed by atoms with Gasteiger partial charge in [-0.05, 0) is 33.3 Å². The van der Waals surface area contributed by atoms with Gasteiger partial charge < -0.3 is 4.98 Å². The molecule has 0 fully saturated rings. The summed E-state index contributed by atoms with van der Waals surface area (Å²) in [6.07, 6.45) is 1.88. The molecule has 1 heterocycles. The first-order chi connectivity index (χ1) is 9.93. The molecule has 0 bridgehead atoms. The minimum Gasteiger partial charge on any atom is -0.304 e. The molecule has 0 amide bonds. The Kier molecular flexibility index (Phi) is 3.83. The number of nitrogens with zero attached hydrogens (tertiary/aromatic N) is 1. The van der Waals surface area contributed by atoms with Crippen LogP contribution in [0.25, 0.3) is 32.8 Å². The fraction of sp³-hybridized carbons (Fsp3) is 0. The predicted molar refractivity (Wildman–Crippen MR) is 83.5 cm³/mol. The molecule has 4 rings (SSSR count). The van der Waals surface area contributed by atoms with Crippen LogP contribution in [0.1, 0.15) is 0 Å². The molecule has 0 aliphatic heterocycles. The summed E-state index contributed by atoms with van der Waals surface area (Å²) in [5.74, 6) is 0. The van der Waals surface area contributed by atoms with E-state index in [1.165, 1.54) is 21.5 Å². The third-order valence-electron chi connectivity index (χ3n) is 3.63. The minimum atomic E-state index is 0. The molecule has 1 nitrogen and oxygen atoms in total. The van der Waals surface area contributed by atoms with E-state index < -0.39 is 0 Å². The summed E-state index contributed by atoms with van der Waals surface area (Å²) in [5.41, 5.74) is 2.03. The van der Waals surface area contributed by atoms with Gasteiger partial charge in [0.25, 0.3) is 0 Å². The van der Waals surface area contributed by atoms with Gasteiger partial charge in [0, 0.05) is 26.3 Å². The summed E-state index contributed by atoms with van der Waals surface area (Å²) in [4.78, 5) is 4.55. The minimum absolute atomic E-state index is 0. The van der Waals surface area contributed by atoms with Crippen LogP contribution in [0.5, 0.6) is 0 Å². The second-order valence-corrected chi connectivity index (χ2v) is 4.82. The first kappa shape index (κ1) is 13.9. The van der Waals surface area contributed by atoms with Crippen molar-refractivity contribution in [2.24, 2.45) is 0 Å². The van der Waals surface area contributed by atoms with Crippen molar-refractivity contribution in [1.82, 2.24) is 4.98 Å². The molecule has 1 radical (unpaired) electrons. The molecule has 0 spiro atoms. The zero-order valence-electron chi connectivity index (χ0n) is 11.2. The maximum Gasteiger partial charge on any atom is 0.0167 e. The van der Waals surface area contributed by atoms with E-state index in [1.54, 1.807) is 0 Å². The van der Waals surface area contributed by atoms with E-state index in [-0.39, 0.29) is 20.1 Å². The van der Waals surface area contributed by atoms with Crippen LogP contribution in [-0.4, -0.2) is 4.98 Å². The van der Waals surface area contributed by atoms with Crippen molar-refractivity contribution in [3.63, 3.8) is 0 Å². The molecule has 103 valence electrons. The molecule has 0 saturated carbocycles. The van der Waals surface area contributed by atoms with Crippen molar-refractivity contribution in [3.05, 3.63) is 79.0 Å². The van der Waals surface area contributed by atoms with Crippen molar-refractivity contribution >= 4 is 21.5 Å². The van der Waals surface area contributed by atoms with E-state index >= 15 is 0 Å². The largest absolute Gasteiger partial charge is 0.304 e. The van der Waals surface area contributed by atoms with Crippen molar-refractivity contribution < 1.29 is 20.1 Å². The number of benzene rings is 3. The fourth-order valence-corrected chi connectivity index (χ4v) is 2.69. The van der Waals surface area contributed by atoms with Crippen LogP contribution in [-0.2, 0) is 20.1 Å². The number of hydrogen-bond acceptors (Lipinski definition) is 1. The fourth-order valence-electron chi connectivity index (χ4n) is 2.69. The van der Waals surface area contributed by atoms with Gasteiger partial charge in [-0.3, -0.25) is 0 Å². The summed E-state index contributed by atoms with van der Waals surface area (Å²) in [6, 6.07) is 26.1. The van der Waals surface area contributed by atoms with Crippen molar-refractivity contribution in [1.29, 1.82) is 0 Å². The van der Waals surface area contributed by atoms with Gasteiger partial charge in [0.05, 0.1) is 0 Å². The average Bonchev–Trinajstić information content (AvgIpc) is 2.55. The Morgan fingerprint density at radius 2 is 1.57 bits per heavy atom. The Balaban J connectivity index is 0.00000132. The summed E-state index contributed by atoms with van der Waals surface area (Å²) < 4.78 is 0. The number of aromatic nitrogens is 1. The van der Waals surface area contributed by atoms with Gasteiger partial charge in [-0.2, -0.15) is 0 Å². The van der Waals surface area contributed by atoms with Gasteiger partial charge in [-0.25, -0.2) is 0 Å². The maximum absolute atomic E-state index is 4.55. The van der Waals surface area contributed by atoms with Crippen LogP contribution in [0.15, 0.2) is 72.9 Å². The van der Waals surface area contributed by atoms with Crippen LogP contribution in [0.3, 0.4) is 0 Å². The van der Waals surface area contributed by atoms with E-state index in [1.807, 2.05) is 24.4 Å². The molecule has 2 heteroatoms. The third-order valence-corrected chi connectivity index (χ3v) is 3.63. The summed E-state index contributed by atoms with van der Waals surface area (Å²) in [7, 11) is 0. The van der Waals surface area contributed by atoms with E-state index in [4.69, 9.17) is 0 Å². The standard InChI is InChI=1S/C19H12N.Ir/c1-2-7-15(8-3-1)19-18-11-10-14-6-4-5-9-16(14)17(18)12-13-20-19;/h1-7,9-13H;/q-1;. The second kappa shape index (κ2) is 5.77. The molecule has 4 aromatic rings.